The molecule has 108 valence electrons. The van der Waals surface area contributed by atoms with Crippen LogP contribution in [0.2, 0.25) is 5.82 Å². The first kappa shape index (κ1) is 14.1. The molecule has 1 saturated carbocycles. The molecule has 0 radical (unpaired) electrons. The van der Waals surface area contributed by atoms with E-state index in [2.05, 4.69) is 39.8 Å². The van der Waals surface area contributed by atoms with E-state index in [4.69, 9.17) is 14.0 Å². The largest absolute Gasteiger partial charge is 0.463 e. The van der Waals surface area contributed by atoms with E-state index in [1.54, 1.807) is 0 Å². The molecule has 1 heterocycles. The fraction of sp³-hybridized carbons (Fsp3) is 0.625. The molecule has 0 unspecified atom stereocenters. The van der Waals surface area contributed by atoms with Crippen molar-refractivity contribution in [2.24, 2.45) is 0 Å². The first-order valence-electron chi connectivity index (χ1n) is 7.40. The van der Waals surface area contributed by atoms with Crippen molar-refractivity contribution in [1.82, 2.24) is 0 Å². The Morgan fingerprint density at radius 1 is 1.10 bits per heavy atom. The molecule has 0 aromatic heterocycles. The molecular formula is C16H23BO3. The van der Waals surface area contributed by atoms with Gasteiger partial charge in [-0.25, -0.2) is 0 Å². The minimum atomic E-state index is -0.246. The summed E-state index contributed by atoms with van der Waals surface area (Å²) in [6, 6.07) is 10.3. The van der Waals surface area contributed by atoms with Crippen molar-refractivity contribution < 1.29 is 14.0 Å². The maximum atomic E-state index is 6.07. The van der Waals surface area contributed by atoms with Gasteiger partial charge in [-0.3, -0.25) is 0 Å². The minimum Gasteiger partial charge on any atom is -0.403 e. The van der Waals surface area contributed by atoms with Crippen molar-refractivity contribution in [2.75, 3.05) is 0 Å². The summed E-state index contributed by atoms with van der Waals surface area (Å²) < 4.78 is 18.1. The van der Waals surface area contributed by atoms with E-state index in [1.165, 1.54) is 5.56 Å². The van der Waals surface area contributed by atoms with Crippen LogP contribution in [0.1, 0.15) is 39.7 Å². The van der Waals surface area contributed by atoms with Gasteiger partial charge in [0.15, 0.2) is 0 Å². The van der Waals surface area contributed by atoms with Gasteiger partial charge in [0, 0.05) is 5.82 Å². The van der Waals surface area contributed by atoms with Gasteiger partial charge in [0.2, 0.25) is 0 Å². The van der Waals surface area contributed by atoms with Crippen LogP contribution in [0.15, 0.2) is 30.3 Å². The Hall–Kier alpha value is -0.835. The molecule has 1 saturated heterocycles. The molecule has 1 aliphatic carbocycles. The maximum absolute atomic E-state index is 6.07. The molecule has 0 N–H and O–H groups in total. The minimum absolute atomic E-state index is 0.124. The van der Waals surface area contributed by atoms with Crippen molar-refractivity contribution in [2.45, 2.75) is 63.8 Å². The third-order valence-electron chi connectivity index (χ3n) is 4.71. The Morgan fingerprint density at radius 3 is 2.30 bits per heavy atom. The van der Waals surface area contributed by atoms with E-state index < -0.39 is 0 Å². The van der Waals surface area contributed by atoms with Gasteiger partial charge in [0.1, 0.15) is 0 Å². The van der Waals surface area contributed by atoms with Crippen LogP contribution in [-0.4, -0.2) is 24.4 Å². The number of hydrogen-bond acceptors (Lipinski definition) is 3. The molecule has 1 aromatic rings. The van der Waals surface area contributed by atoms with Gasteiger partial charge in [-0.1, -0.05) is 30.3 Å². The lowest BCUT2D eigenvalue weighted by molar-refractivity contribution is 0.00578. The van der Waals surface area contributed by atoms with E-state index in [9.17, 15) is 0 Å². The average molecular weight is 274 g/mol. The summed E-state index contributed by atoms with van der Waals surface area (Å²) >= 11 is 0. The third kappa shape index (κ3) is 2.65. The van der Waals surface area contributed by atoms with Crippen LogP contribution in [-0.2, 0) is 20.7 Å². The zero-order valence-corrected chi connectivity index (χ0v) is 12.8. The molecule has 2 atom stereocenters. The van der Waals surface area contributed by atoms with Crippen LogP contribution in [0.3, 0.4) is 0 Å². The molecule has 0 bridgehead atoms. The zero-order chi connectivity index (χ0) is 14.4. The number of hydrogen-bond donors (Lipinski definition) is 0. The third-order valence-corrected chi connectivity index (χ3v) is 4.71. The van der Waals surface area contributed by atoms with Crippen LogP contribution in [0, 0.1) is 0 Å². The highest BCUT2D eigenvalue weighted by molar-refractivity contribution is 6.49. The number of benzene rings is 1. The molecular weight excluding hydrogens is 251 g/mol. The zero-order valence-electron chi connectivity index (χ0n) is 12.8. The molecule has 2 aliphatic rings. The lowest BCUT2D eigenvalue weighted by atomic mass is 9.82. The van der Waals surface area contributed by atoms with Crippen LogP contribution in [0.25, 0.3) is 0 Å². The molecule has 20 heavy (non-hydrogen) atoms. The maximum Gasteiger partial charge on any atom is 0.463 e. The molecule has 0 amide bonds. The summed E-state index contributed by atoms with van der Waals surface area (Å²) in [7, 11) is -0.124. The first-order chi connectivity index (χ1) is 9.39. The van der Waals surface area contributed by atoms with E-state index in [1.807, 2.05) is 18.2 Å². The number of ether oxygens (including phenoxy) is 1. The second kappa shape index (κ2) is 4.87. The van der Waals surface area contributed by atoms with E-state index in [0.29, 0.717) is 12.4 Å². The Balaban J connectivity index is 1.51. The predicted octanol–water partition coefficient (Wildman–Crippen LogP) is 3.44. The highest BCUT2D eigenvalue weighted by Crippen LogP contribution is 2.50. The van der Waals surface area contributed by atoms with Crippen molar-refractivity contribution >= 4 is 7.12 Å². The standard InChI is InChI=1S/C16H23BO3/c1-15(2)16(3,4)20-17(19-15)13-10-14(13)18-11-12-8-6-5-7-9-12/h5-9,13-14H,10-11H2,1-4H3/t13-,14+/m0/s1. The van der Waals surface area contributed by atoms with E-state index in [0.717, 1.165) is 6.42 Å². The summed E-state index contributed by atoms with van der Waals surface area (Å²) in [6.07, 6.45) is 1.30. The molecule has 2 fully saturated rings. The van der Waals surface area contributed by atoms with Gasteiger partial charge >= 0.3 is 7.12 Å². The van der Waals surface area contributed by atoms with Gasteiger partial charge in [-0.05, 0) is 39.7 Å². The van der Waals surface area contributed by atoms with Crippen molar-refractivity contribution in [3.8, 4) is 0 Å². The predicted molar refractivity (Wildman–Crippen MR) is 79.5 cm³/mol. The highest BCUT2D eigenvalue weighted by Gasteiger charge is 2.60. The molecule has 3 rings (SSSR count). The van der Waals surface area contributed by atoms with Crippen LogP contribution in [0.5, 0.6) is 0 Å². The summed E-state index contributed by atoms with van der Waals surface area (Å²) in [5, 5.41) is 0. The number of rotatable bonds is 4. The van der Waals surface area contributed by atoms with Gasteiger partial charge in [-0.15, -0.1) is 0 Å². The molecule has 1 aromatic carbocycles. The van der Waals surface area contributed by atoms with E-state index >= 15 is 0 Å². The second-order valence-electron chi connectivity index (χ2n) is 6.86. The fourth-order valence-electron chi connectivity index (χ4n) is 2.51. The molecule has 4 heteroatoms. The Labute approximate surface area is 121 Å². The average Bonchev–Trinajstić information content (AvgIpc) is 3.11. The topological polar surface area (TPSA) is 27.7 Å². The SMILES string of the molecule is CC1(C)OB([C@H]2C[C@H]2OCc2ccccc2)OC1(C)C. The summed E-state index contributed by atoms with van der Waals surface area (Å²) in [5.41, 5.74) is 0.723. The molecule has 1 aliphatic heterocycles. The summed E-state index contributed by atoms with van der Waals surface area (Å²) in [4.78, 5) is 0. The van der Waals surface area contributed by atoms with Gasteiger partial charge in [0.25, 0.3) is 0 Å². The van der Waals surface area contributed by atoms with Gasteiger partial charge in [-0.2, -0.15) is 0 Å². The van der Waals surface area contributed by atoms with Crippen LogP contribution >= 0.6 is 0 Å². The first-order valence-corrected chi connectivity index (χ1v) is 7.40. The van der Waals surface area contributed by atoms with Gasteiger partial charge < -0.3 is 14.0 Å². The summed E-state index contributed by atoms with van der Waals surface area (Å²) in [6.45, 7) is 9.04. The van der Waals surface area contributed by atoms with Crippen LogP contribution < -0.4 is 0 Å². The van der Waals surface area contributed by atoms with Gasteiger partial charge in [0.05, 0.1) is 23.9 Å². The van der Waals surface area contributed by atoms with Crippen LogP contribution in [0.4, 0.5) is 0 Å². The van der Waals surface area contributed by atoms with E-state index in [-0.39, 0.29) is 24.4 Å². The second-order valence-corrected chi connectivity index (χ2v) is 6.86. The molecule has 3 nitrogen and oxygen atoms in total. The lowest BCUT2D eigenvalue weighted by Crippen LogP contribution is -2.41. The van der Waals surface area contributed by atoms with Crippen molar-refractivity contribution in [3.63, 3.8) is 0 Å². The lowest BCUT2D eigenvalue weighted by Gasteiger charge is -2.32. The Kier molecular flexibility index (Phi) is 3.43. The smallest absolute Gasteiger partial charge is 0.403 e. The quantitative estimate of drug-likeness (QED) is 0.787. The normalized spacial score (nSPS) is 30.5. The highest BCUT2D eigenvalue weighted by atomic mass is 16.7. The Morgan fingerprint density at radius 2 is 1.70 bits per heavy atom. The van der Waals surface area contributed by atoms with Crippen molar-refractivity contribution in [3.05, 3.63) is 35.9 Å². The summed E-state index contributed by atoms with van der Waals surface area (Å²) in [5.74, 6) is 0.375. The molecule has 0 spiro atoms. The fourth-order valence-corrected chi connectivity index (χ4v) is 2.51. The Bertz CT molecular complexity index is 456. The van der Waals surface area contributed by atoms with Crippen molar-refractivity contribution in [1.29, 1.82) is 0 Å². The monoisotopic (exact) mass is 274 g/mol.